The molecule has 0 saturated heterocycles. The average Bonchev–Trinajstić information content (AvgIpc) is 2.42. The number of rotatable bonds is 1. The van der Waals surface area contributed by atoms with E-state index in [9.17, 15) is 5.11 Å². The Bertz CT molecular complexity index is 657. The van der Waals surface area contributed by atoms with Gasteiger partial charge >= 0.3 is 0 Å². The molecule has 0 saturated carbocycles. The molecule has 4 heteroatoms. The summed E-state index contributed by atoms with van der Waals surface area (Å²) in [5, 5.41) is 10.9. The van der Waals surface area contributed by atoms with Crippen LogP contribution in [-0.2, 0) is 0 Å². The van der Waals surface area contributed by atoms with E-state index in [4.69, 9.17) is 16.3 Å². The smallest absolute Gasteiger partial charge is 0.127 e. The van der Waals surface area contributed by atoms with E-state index in [1.54, 1.807) is 12.1 Å². The predicted octanol–water partition coefficient (Wildman–Crippen LogP) is 4.97. The highest BCUT2D eigenvalue weighted by atomic mass is 79.9. The summed E-state index contributed by atoms with van der Waals surface area (Å²) in [7, 11) is 0. The van der Waals surface area contributed by atoms with Gasteiger partial charge in [0.2, 0.25) is 0 Å². The quantitative estimate of drug-likeness (QED) is 0.784. The summed E-state index contributed by atoms with van der Waals surface area (Å²) >= 11 is 9.49. The Kier molecular flexibility index (Phi) is 3.76. The summed E-state index contributed by atoms with van der Waals surface area (Å²) in [6.45, 7) is 2.04. The fourth-order valence-corrected chi connectivity index (χ4v) is 3.01. The zero-order chi connectivity index (χ0) is 14.3. The van der Waals surface area contributed by atoms with Gasteiger partial charge in [0.25, 0.3) is 0 Å². The van der Waals surface area contributed by atoms with Gasteiger partial charge in [0.1, 0.15) is 11.9 Å². The third kappa shape index (κ3) is 2.58. The van der Waals surface area contributed by atoms with Crippen molar-refractivity contribution < 1.29 is 9.84 Å². The Morgan fingerprint density at radius 2 is 2.05 bits per heavy atom. The van der Waals surface area contributed by atoms with E-state index in [1.165, 1.54) is 5.56 Å². The van der Waals surface area contributed by atoms with Crippen molar-refractivity contribution in [2.45, 2.75) is 25.6 Å². The molecule has 0 fully saturated rings. The lowest BCUT2D eigenvalue weighted by Crippen LogP contribution is -2.19. The highest BCUT2D eigenvalue weighted by Gasteiger charge is 2.28. The Morgan fingerprint density at radius 3 is 2.80 bits per heavy atom. The molecule has 1 unspecified atom stereocenters. The lowest BCUT2D eigenvalue weighted by atomic mass is 9.94. The minimum absolute atomic E-state index is 0.143. The second-order valence-corrected chi connectivity index (χ2v) is 6.34. The maximum Gasteiger partial charge on any atom is 0.127 e. The molecule has 2 aromatic rings. The van der Waals surface area contributed by atoms with E-state index in [1.807, 2.05) is 31.2 Å². The summed E-state index contributed by atoms with van der Waals surface area (Å²) in [5.74, 6) is 0.704. The number of benzene rings is 2. The van der Waals surface area contributed by atoms with Gasteiger partial charge in [0.05, 0.1) is 6.10 Å². The second kappa shape index (κ2) is 5.40. The first-order valence-electron chi connectivity index (χ1n) is 6.45. The highest BCUT2D eigenvalue weighted by molar-refractivity contribution is 9.10. The lowest BCUT2D eigenvalue weighted by molar-refractivity contribution is 0.0657. The number of aliphatic hydroxyl groups is 1. The Morgan fingerprint density at radius 1 is 1.25 bits per heavy atom. The molecule has 3 rings (SSSR count). The van der Waals surface area contributed by atoms with Crippen molar-refractivity contribution in [1.29, 1.82) is 0 Å². The first kappa shape index (κ1) is 13.9. The molecule has 0 amide bonds. The molecule has 0 spiro atoms. The molecule has 2 nitrogen and oxygen atoms in total. The van der Waals surface area contributed by atoms with Gasteiger partial charge < -0.3 is 9.84 Å². The summed E-state index contributed by atoms with van der Waals surface area (Å²) in [4.78, 5) is 0. The van der Waals surface area contributed by atoms with Crippen LogP contribution in [0.2, 0.25) is 5.02 Å². The van der Waals surface area contributed by atoms with Crippen LogP contribution in [0.15, 0.2) is 40.9 Å². The van der Waals surface area contributed by atoms with Crippen LogP contribution in [0.25, 0.3) is 0 Å². The molecule has 104 valence electrons. The second-order valence-electron chi connectivity index (χ2n) is 5.05. The van der Waals surface area contributed by atoms with Gasteiger partial charge in [-0.05, 0) is 42.3 Å². The molecule has 0 radical (unpaired) electrons. The van der Waals surface area contributed by atoms with E-state index in [-0.39, 0.29) is 6.10 Å². The third-order valence-electron chi connectivity index (χ3n) is 3.61. The number of halogens is 2. The SMILES string of the molecule is Cc1ccc(C2C[C@H](O)c3cc(Cl)ccc3O2)cc1Br. The fourth-order valence-electron chi connectivity index (χ4n) is 2.43. The van der Waals surface area contributed by atoms with Crippen molar-refractivity contribution in [3.63, 3.8) is 0 Å². The standard InChI is InChI=1S/C16H14BrClO2/c1-9-2-3-10(6-13(9)17)16-8-14(19)12-7-11(18)4-5-15(12)20-16/h2-7,14,16,19H,8H2,1H3/t14-,16?/m0/s1. The third-order valence-corrected chi connectivity index (χ3v) is 4.69. The van der Waals surface area contributed by atoms with Crippen LogP contribution in [0.4, 0.5) is 0 Å². The minimum atomic E-state index is -0.553. The van der Waals surface area contributed by atoms with Crippen LogP contribution in [0.3, 0.4) is 0 Å². The maximum absolute atomic E-state index is 10.3. The van der Waals surface area contributed by atoms with Gasteiger partial charge in [-0.3, -0.25) is 0 Å². The fraction of sp³-hybridized carbons (Fsp3) is 0.250. The molecule has 0 bridgehead atoms. The topological polar surface area (TPSA) is 29.5 Å². The number of hydrogen-bond acceptors (Lipinski definition) is 2. The van der Waals surface area contributed by atoms with Gasteiger partial charge in [0.15, 0.2) is 0 Å². The first-order valence-corrected chi connectivity index (χ1v) is 7.62. The van der Waals surface area contributed by atoms with Crippen LogP contribution < -0.4 is 4.74 Å². The minimum Gasteiger partial charge on any atom is -0.485 e. The number of fused-ring (bicyclic) bond motifs is 1. The number of ether oxygens (including phenoxy) is 1. The Hall–Kier alpha value is -1.03. The molecular formula is C16H14BrClO2. The molecule has 1 aliphatic rings. The van der Waals surface area contributed by atoms with Crippen molar-refractivity contribution in [3.05, 3.63) is 62.6 Å². The van der Waals surface area contributed by atoms with Crippen LogP contribution in [0, 0.1) is 6.92 Å². The largest absolute Gasteiger partial charge is 0.485 e. The Balaban J connectivity index is 1.94. The molecule has 0 aromatic heterocycles. The summed E-state index contributed by atoms with van der Waals surface area (Å²) in [6, 6.07) is 11.5. The van der Waals surface area contributed by atoms with Crippen LogP contribution >= 0.6 is 27.5 Å². The van der Waals surface area contributed by atoms with Crippen molar-refractivity contribution in [2.75, 3.05) is 0 Å². The molecule has 1 aliphatic heterocycles. The monoisotopic (exact) mass is 352 g/mol. The van der Waals surface area contributed by atoms with Gasteiger partial charge in [-0.1, -0.05) is 39.7 Å². The van der Waals surface area contributed by atoms with Crippen LogP contribution in [-0.4, -0.2) is 5.11 Å². The normalized spacial score (nSPS) is 21.2. The zero-order valence-electron chi connectivity index (χ0n) is 10.9. The van der Waals surface area contributed by atoms with E-state index in [0.717, 1.165) is 15.6 Å². The van der Waals surface area contributed by atoms with Gasteiger partial charge in [0, 0.05) is 21.5 Å². The van der Waals surface area contributed by atoms with Gasteiger partial charge in [-0.2, -0.15) is 0 Å². The average molecular weight is 354 g/mol. The van der Waals surface area contributed by atoms with Crippen molar-refractivity contribution in [3.8, 4) is 5.75 Å². The predicted molar refractivity (Wildman–Crippen MR) is 83.3 cm³/mol. The van der Waals surface area contributed by atoms with Crippen molar-refractivity contribution in [2.24, 2.45) is 0 Å². The summed E-state index contributed by atoms with van der Waals surface area (Å²) < 4.78 is 7.05. The highest BCUT2D eigenvalue weighted by Crippen LogP contribution is 2.42. The molecule has 1 N–H and O–H groups in total. The van der Waals surface area contributed by atoms with Crippen LogP contribution in [0.5, 0.6) is 5.75 Å². The van der Waals surface area contributed by atoms with E-state index in [0.29, 0.717) is 17.2 Å². The number of aliphatic hydroxyl groups excluding tert-OH is 1. The van der Waals surface area contributed by atoms with Gasteiger partial charge in [-0.15, -0.1) is 0 Å². The van der Waals surface area contributed by atoms with E-state index in [2.05, 4.69) is 15.9 Å². The Labute approximate surface area is 131 Å². The summed E-state index contributed by atoms with van der Waals surface area (Å²) in [5.41, 5.74) is 3.00. The van der Waals surface area contributed by atoms with E-state index >= 15 is 0 Å². The van der Waals surface area contributed by atoms with Gasteiger partial charge in [-0.25, -0.2) is 0 Å². The molecule has 1 heterocycles. The molecule has 2 atom stereocenters. The van der Waals surface area contributed by atoms with E-state index < -0.39 is 6.10 Å². The van der Waals surface area contributed by atoms with Crippen molar-refractivity contribution in [1.82, 2.24) is 0 Å². The van der Waals surface area contributed by atoms with Crippen LogP contribution in [0.1, 0.15) is 35.3 Å². The zero-order valence-corrected chi connectivity index (χ0v) is 13.3. The lowest BCUT2D eigenvalue weighted by Gasteiger charge is -2.30. The maximum atomic E-state index is 10.3. The first-order chi connectivity index (χ1) is 9.54. The molecule has 0 aliphatic carbocycles. The number of aryl methyl sites for hydroxylation is 1. The molecule has 20 heavy (non-hydrogen) atoms. The molecular weight excluding hydrogens is 340 g/mol. The van der Waals surface area contributed by atoms with Crippen molar-refractivity contribution >= 4 is 27.5 Å². The number of hydrogen-bond donors (Lipinski definition) is 1. The summed E-state index contributed by atoms with van der Waals surface area (Å²) in [6.07, 6.45) is -0.166. The molecule has 2 aromatic carbocycles.